The normalized spacial score (nSPS) is 9.00. The van der Waals surface area contributed by atoms with E-state index in [-0.39, 0.29) is 0 Å². The summed E-state index contributed by atoms with van der Waals surface area (Å²) >= 11 is 0. The predicted octanol–water partition coefficient (Wildman–Crippen LogP) is 0.598. The molecule has 0 spiro atoms. The van der Waals surface area contributed by atoms with Gasteiger partial charge in [0.05, 0.1) is 0 Å². The van der Waals surface area contributed by atoms with Gasteiger partial charge in [-0.1, -0.05) is 0 Å². The lowest BCUT2D eigenvalue weighted by molar-refractivity contribution is 0.111. The number of aryl methyl sites for hydroxylation is 1. The highest BCUT2D eigenvalue weighted by Gasteiger charge is 1.89. The van der Waals surface area contributed by atoms with Crippen LogP contribution in [0, 0.1) is 6.92 Å². The van der Waals surface area contributed by atoms with Gasteiger partial charge in [0.2, 0.25) is 0 Å². The first-order valence-electron chi connectivity index (χ1n) is 2.58. The largest absolute Gasteiger partial charge is 0.296 e. The maximum atomic E-state index is 10.1. The second-order valence-corrected chi connectivity index (χ2v) is 1.65. The lowest BCUT2D eigenvalue weighted by Gasteiger charge is -1.88. The fraction of sp³-hybridized carbons (Fsp3) is 0.167. The lowest BCUT2D eigenvalue weighted by Crippen LogP contribution is -1.90. The molecular formula is C6H6N2O. The molecule has 0 saturated carbocycles. The standard InChI is InChI=1S/C6H6N2O/c1-5-7-3-2-6(4-9)8-5/h2-4H,1H3. The Morgan fingerprint density at radius 2 is 2.44 bits per heavy atom. The van der Waals surface area contributed by atoms with Crippen LogP contribution in [0.15, 0.2) is 12.3 Å². The van der Waals surface area contributed by atoms with Gasteiger partial charge in [0.15, 0.2) is 6.29 Å². The second-order valence-electron chi connectivity index (χ2n) is 1.65. The van der Waals surface area contributed by atoms with Gasteiger partial charge in [-0.15, -0.1) is 0 Å². The molecule has 0 aliphatic heterocycles. The zero-order valence-corrected chi connectivity index (χ0v) is 5.03. The van der Waals surface area contributed by atoms with E-state index in [1.165, 1.54) is 0 Å². The summed E-state index contributed by atoms with van der Waals surface area (Å²) in [5.41, 5.74) is 0.433. The van der Waals surface area contributed by atoms with Gasteiger partial charge in [-0.2, -0.15) is 0 Å². The third kappa shape index (κ3) is 1.32. The zero-order valence-electron chi connectivity index (χ0n) is 5.03. The summed E-state index contributed by atoms with van der Waals surface area (Å²) in [6.07, 6.45) is 2.26. The van der Waals surface area contributed by atoms with Crippen molar-refractivity contribution in [1.29, 1.82) is 0 Å². The molecule has 0 atom stereocenters. The van der Waals surface area contributed by atoms with E-state index in [4.69, 9.17) is 0 Å². The average molecular weight is 122 g/mol. The van der Waals surface area contributed by atoms with Gasteiger partial charge in [0.1, 0.15) is 11.5 Å². The minimum Gasteiger partial charge on any atom is -0.296 e. The predicted molar refractivity (Wildman–Crippen MR) is 32.2 cm³/mol. The van der Waals surface area contributed by atoms with Crippen LogP contribution >= 0.6 is 0 Å². The molecule has 0 unspecified atom stereocenters. The molecule has 0 N–H and O–H groups in total. The van der Waals surface area contributed by atoms with E-state index in [1.807, 2.05) is 0 Å². The number of rotatable bonds is 1. The molecule has 0 amide bonds. The van der Waals surface area contributed by atoms with Crippen molar-refractivity contribution in [2.45, 2.75) is 6.92 Å². The molecule has 46 valence electrons. The van der Waals surface area contributed by atoms with Crippen molar-refractivity contribution in [3.63, 3.8) is 0 Å². The van der Waals surface area contributed by atoms with Gasteiger partial charge >= 0.3 is 0 Å². The molecule has 0 aliphatic carbocycles. The monoisotopic (exact) mass is 122 g/mol. The quantitative estimate of drug-likeness (QED) is 0.512. The van der Waals surface area contributed by atoms with Gasteiger partial charge in [-0.05, 0) is 13.0 Å². The molecule has 1 aromatic rings. The Morgan fingerprint density at radius 1 is 1.67 bits per heavy atom. The fourth-order valence-electron chi connectivity index (χ4n) is 0.540. The smallest absolute Gasteiger partial charge is 0.168 e. The Balaban J connectivity index is 3.07. The van der Waals surface area contributed by atoms with Crippen LogP contribution in [-0.4, -0.2) is 16.3 Å². The number of carbonyl (C=O) groups is 1. The van der Waals surface area contributed by atoms with E-state index in [1.54, 1.807) is 19.2 Å². The molecule has 0 aliphatic rings. The van der Waals surface area contributed by atoms with E-state index in [2.05, 4.69) is 9.97 Å². The molecule has 9 heavy (non-hydrogen) atoms. The lowest BCUT2D eigenvalue weighted by atomic mass is 10.4. The summed E-state index contributed by atoms with van der Waals surface area (Å²) in [6, 6.07) is 1.57. The third-order valence-corrected chi connectivity index (χ3v) is 0.918. The molecule has 1 aromatic heterocycles. The van der Waals surface area contributed by atoms with E-state index in [0.29, 0.717) is 17.8 Å². The van der Waals surface area contributed by atoms with Crippen molar-refractivity contribution in [1.82, 2.24) is 9.97 Å². The molecule has 3 nitrogen and oxygen atoms in total. The van der Waals surface area contributed by atoms with Gasteiger partial charge < -0.3 is 0 Å². The van der Waals surface area contributed by atoms with Crippen LogP contribution in [0.1, 0.15) is 16.3 Å². The van der Waals surface area contributed by atoms with Crippen LogP contribution in [0.2, 0.25) is 0 Å². The summed E-state index contributed by atoms with van der Waals surface area (Å²) in [7, 11) is 0. The molecule has 0 fully saturated rings. The van der Waals surface area contributed by atoms with Gasteiger partial charge in [-0.3, -0.25) is 4.79 Å². The highest BCUT2D eigenvalue weighted by molar-refractivity contribution is 5.71. The SMILES string of the molecule is Cc1nccc(C=O)n1. The maximum absolute atomic E-state index is 10.1. The molecule has 0 saturated heterocycles. The van der Waals surface area contributed by atoms with Crippen molar-refractivity contribution in [3.05, 3.63) is 23.8 Å². The van der Waals surface area contributed by atoms with Crippen molar-refractivity contribution in [2.75, 3.05) is 0 Å². The van der Waals surface area contributed by atoms with Crippen LogP contribution in [0.3, 0.4) is 0 Å². The van der Waals surface area contributed by atoms with Crippen molar-refractivity contribution in [3.8, 4) is 0 Å². The van der Waals surface area contributed by atoms with Crippen molar-refractivity contribution < 1.29 is 4.79 Å². The second kappa shape index (κ2) is 2.35. The third-order valence-electron chi connectivity index (χ3n) is 0.918. The molecule has 0 radical (unpaired) electrons. The number of hydrogen-bond donors (Lipinski definition) is 0. The summed E-state index contributed by atoms with van der Waals surface area (Å²) in [4.78, 5) is 17.7. The summed E-state index contributed by atoms with van der Waals surface area (Å²) < 4.78 is 0. The number of aromatic nitrogens is 2. The van der Waals surface area contributed by atoms with E-state index >= 15 is 0 Å². The zero-order chi connectivity index (χ0) is 6.69. The van der Waals surface area contributed by atoms with Crippen molar-refractivity contribution in [2.24, 2.45) is 0 Å². The van der Waals surface area contributed by atoms with Crippen LogP contribution in [0.25, 0.3) is 0 Å². The highest BCUT2D eigenvalue weighted by Crippen LogP contribution is 1.88. The van der Waals surface area contributed by atoms with Crippen LogP contribution in [0.5, 0.6) is 0 Å². The summed E-state index contributed by atoms with van der Waals surface area (Å²) in [5, 5.41) is 0. The Kier molecular flexibility index (Phi) is 1.53. The first-order valence-corrected chi connectivity index (χ1v) is 2.58. The molecule has 0 bridgehead atoms. The fourth-order valence-corrected chi connectivity index (χ4v) is 0.540. The number of carbonyl (C=O) groups excluding carboxylic acids is 1. The molecular weight excluding hydrogens is 116 g/mol. The summed E-state index contributed by atoms with van der Waals surface area (Å²) in [6.45, 7) is 1.74. The van der Waals surface area contributed by atoms with Crippen LogP contribution in [-0.2, 0) is 0 Å². The highest BCUT2D eigenvalue weighted by atomic mass is 16.1. The minimum atomic E-state index is 0.433. The maximum Gasteiger partial charge on any atom is 0.168 e. The van der Waals surface area contributed by atoms with Crippen LogP contribution < -0.4 is 0 Å². The Hall–Kier alpha value is -1.25. The molecule has 1 rings (SSSR count). The summed E-state index contributed by atoms with van der Waals surface area (Å²) in [5.74, 6) is 0.625. The van der Waals surface area contributed by atoms with Crippen LogP contribution in [0.4, 0.5) is 0 Å². The average Bonchev–Trinajstić information content (AvgIpc) is 1.88. The van der Waals surface area contributed by atoms with Gasteiger partial charge in [0.25, 0.3) is 0 Å². The number of hydrogen-bond acceptors (Lipinski definition) is 3. The van der Waals surface area contributed by atoms with E-state index in [0.717, 1.165) is 0 Å². The molecule has 3 heteroatoms. The Bertz CT molecular complexity index is 222. The Morgan fingerprint density at radius 3 is 2.89 bits per heavy atom. The number of aldehydes is 1. The van der Waals surface area contributed by atoms with E-state index in [9.17, 15) is 4.79 Å². The molecule has 1 heterocycles. The van der Waals surface area contributed by atoms with Crippen molar-refractivity contribution >= 4 is 6.29 Å². The Labute approximate surface area is 52.8 Å². The molecule has 0 aromatic carbocycles. The first-order chi connectivity index (χ1) is 4.33. The van der Waals surface area contributed by atoms with E-state index < -0.39 is 0 Å². The minimum absolute atomic E-state index is 0.433. The topological polar surface area (TPSA) is 42.9 Å². The van der Waals surface area contributed by atoms with Gasteiger partial charge in [0, 0.05) is 6.20 Å². The number of nitrogens with zero attached hydrogens (tertiary/aromatic N) is 2. The van der Waals surface area contributed by atoms with Gasteiger partial charge in [-0.25, -0.2) is 9.97 Å². The first kappa shape index (κ1) is 5.88.